The first-order valence-corrected chi connectivity index (χ1v) is 14.2. The van der Waals surface area contributed by atoms with Crippen LogP contribution in [0.3, 0.4) is 0 Å². The van der Waals surface area contributed by atoms with Crippen molar-refractivity contribution in [2.24, 2.45) is 0 Å². The third kappa shape index (κ3) is 7.62. The molecule has 0 aliphatic heterocycles. The van der Waals surface area contributed by atoms with Crippen LogP contribution >= 0.6 is 11.6 Å². The number of carbonyl (C=O) groups excluding carboxylic acids is 2. The van der Waals surface area contributed by atoms with Crippen LogP contribution in [0.15, 0.2) is 114 Å². The van der Waals surface area contributed by atoms with Crippen molar-refractivity contribution in [1.82, 2.24) is 4.90 Å². The number of nitrogens with zero attached hydrogens (tertiary/aromatic N) is 2. The van der Waals surface area contributed by atoms with Gasteiger partial charge in [-0.2, -0.15) is 0 Å². The lowest BCUT2D eigenvalue weighted by atomic mass is 10.2. The number of halogens is 1. The Morgan fingerprint density at radius 2 is 1.48 bits per heavy atom. The summed E-state index contributed by atoms with van der Waals surface area (Å²) in [6.45, 7) is -0.124. The van der Waals surface area contributed by atoms with Gasteiger partial charge in [0.2, 0.25) is 5.91 Å². The molecule has 1 N–H and O–H groups in total. The number of ether oxygens (including phenoxy) is 1. The monoisotopic (exact) mass is 577 g/mol. The molecule has 4 aromatic carbocycles. The van der Waals surface area contributed by atoms with Crippen LogP contribution in [0.25, 0.3) is 0 Å². The number of hydrogen-bond donors (Lipinski definition) is 1. The fraction of sp³-hybridized carbons (Fsp3) is 0.133. The minimum Gasteiger partial charge on any atom is -0.445 e. The quantitative estimate of drug-likeness (QED) is 0.251. The Morgan fingerprint density at radius 3 is 2.15 bits per heavy atom. The molecular formula is C30H28ClN3O5S. The van der Waals surface area contributed by atoms with Crippen molar-refractivity contribution < 1.29 is 22.7 Å². The molecule has 0 unspecified atom stereocenters. The SMILES string of the molecule is CN(CC(=O)Nc1cccc(S(=O)(=O)N(Cc2ccccc2)c2cccc(Cl)c2)c1)C(=O)OCc1ccccc1. The Labute approximate surface area is 238 Å². The van der Waals surface area contributed by atoms with Gasteiger partial charge in [0.1, 0.15) is 13.2 Å². The van der Waals surface area contributed by atoms with E-state index in [1.165, 1.54) is 23.5 Å². The second kappa shape index (κ2) is 13.1. The molecule has 0 spiro atoms. The van der Waals surface area contributed by atoms with E-state index in [2.05, 4.69) is 5.32 Å². The number of sulfonamides is 1. The van der Waals surface area contributed by atoms with Crippen LogP contribution in [0, 0.1) is 0 Å². The van der Waals surface area contributed by atoms with Crippen LogP contribution in [0.1, 0.15) is 11.1 Å². The number of anilines is 2. The summed E-state index contributed by atoms with van der Waals surface area (Å²) in [6, 6.07) is 31.0. The molecule has 0 fully saturated rings. The Morgan fingerprint density at radius 1 is 0.825 bits per heavy atom. The molecule has 0 aromatic heterocycles. The molecular weight excluding hydrogens is 550 g/mol. The molecule has 0 radical (unpaired) electrons. The molecule has 40 heavy (non-hydrogen) atoms. The number of hydrogen-bond acceptors (Lipinski definition) is 5. The molecule has 0 saturated carbocycles. The van der Waals surface area contributed by atoms with Crippen LogP contribution in [-0.4, -0.2) is 38.9 Å². The molecule has 4 aromatic rings. The fourth-order valence-electron chi connectivity index (χ4n) is 3.87. The molecule has 206 valence electrons. The summed E-state index contributed by atoms with van der Waals surface area (Å²) in [5.41, 5.74) is 2.29. The summed E-state index contributed by atoms with van der Waals surface area (Å²) in [6.07, 6.45) is -0.659. The molecule has 2 amide bonds. The van der Waals surface area contributed by atoms with Gasteiger partial charge in [-0.25, -0.2) is 13.2 Å². The second-order valence-electron chi connectivity index (χ2n) is 8.95. The van der Waals surface area contributed by atoms with E-state index < -0.39 is 22.0 Å². The van der Waals surface area contributed by atoms with Gasteiger partial charge in [0, 0.05) is 17.8 Å². The van der Waals surface area contributed by atoms with Crippen LogP contribution in [-0.2, 0) is 32.7 Å². The first kappa shape index (κ1) is 28.7. The second-order valence-corrected chi connectivity index (χ2v) is 11.2. The zero-order chi connectivity index (χ0) is 28.5. The zero-order valence-electron chi connectivity index (χ0n) is 21.7. The summed E-state index contributed by atoms with van der Waals surface area (Å²) in [5, 5.41) is 3.06. The van der Waals surface area contributed by atoms with Gasteiger partial charge < -0.3 is 15.0 Å². The first-order chi connectivity index (χ1) is 19.2. The van der Waals surface area contributed by atoms with Crippen molar-refractivity contribution in [3.63, 3.8) is 0 Å². The Bertz CT molecular complexity index is 1570. The van der Waals surface area contributed by atoms with E-state index in [1.54, 1.807) is 36.4 Å². The van der Waals surface area contributed by atoms with Gasteiger partial charge in [0.05, 0.1) is 17.1 Å². The lowest BCUT2D eigenvalue weighted by Gasteiger charge is -2.25. The maximum Gasteiger partial charge on any atom is 0.410 e. The Balaban J connectivity index is 1.47. The lowest BCUT2D eigenvalue weighted by Crippen LogP contribution is -2.35. The molecule has 0 heterocycles. The molecule has 10 heteroatoms. The van der Waals surface area contributed by atoms with E-state index in [4.69, 9.17) is 16.3 Å². The van der Waals surface area contributed by atoms with E-state index in [0.29, 0.717) is 10.7 Å². The van der Waals surface area contributed by atoms with Gasteiger partial charge in [-0.15, -0.1) is 0 Å². The number of rotatable bonds is 10. The molecule has 8 nitrogen and oxygen atoms in total. The smallest absolute Gasteiger partial charge is 0.410 e. The first-order valence-electron chi connectivity index (χ1n) is 12.4. The average molecular weight is 578 g/mol. The molecule has 0 aliphatic carbocycles. The van der Waals surface area contributed by atoms with Crippen molar-refractivity contribution in [2.75, 3.05) is 23.2 Å². The van der Waals surface area contributed by atoms with Crippen molar-refractivity contribution >= 4 is 45.0 Å². The van der Waals surface area contributed by atoms with Gasteiger partial charge in [0.25, 0.3) is 10.0 Å². The average Bonchev–Trinajstić information content (AvgIpc) is 2.95. The third-order valence-electron chi connectivity index (χ3n) is 5.87. The summed E-state index contributed by atoms with van der Waals surface area (Å²) in [4.78, 5) is 26.1. The molecule has 0 atom stereocenters. The predicted octanol–water partition coefficient (Wildman–Crippen LogP) is 5.94. The highest BCUT2D eigenvalue weighted by atomic mass is 35.5. The molecule has 4 rings (SSSR count). The minimum atomic E-state index is -4.06. The summed E-state index contributed by atoms with van der Waals surface area (Å²) < 4.78 is 34.2. The standard InChI is InChI=1S/C30H28ClN3O5S/c1-33(30(36)39-22-24-12-6-3-7-13-24)21-29(35)32-26-15-9-17-28(19-26)40(37,38)34(20-23-10-4-2-5-11-23)27-16-8-14-25(31)18-27/h2-19H,20-22H2,1H3,(H,32,35). The maximum atomic E-state index is 13.8. The van der Waals surface area contributed by atoms with E-state index in [1.807, 2.05) is 60.7 Å². The van der Waals surface area contributed by atoms with Crippen LogP contribution in [0.2, 0.25) is 5.02 Å². The van der Waals surface area contributed by atoms with Gasteiger partial charge in [-0.1, -0.05) is 84.4 Å². The van der Waals surface area contributed by atoms with Crippen molar-refractivity contribution in [1.29, 1.82) is 0 Å². The number of benzene rings is 4. The van der Waals surface area contributed by atoms with Gasteiger partial charge in [-0.05, 0) is 47.5 Å². The largest absolute Gasteiger partial charge is 0.445 e. The number of amides is 2. The topological polar surface area (TPSA) is 96.0 Å². The van der Waals surface area contributed by atoms with Crippen molar-refractivity contribution in [2.45, 2.75) is 18.0 Å². The highest BCUT2D eigenvalue weighted by Crippen LogP contribution is 2.29. The van der Waals surface area contributed by atoms with Crippen LogP contribution in [0.5, 0.6) is 0 Å². The third-order valence-corrected chi connectivity index (χ3v) is 7.87. The summed E-state index contributed by atoms with van der Waals surface area (Å²) in [7, 11) is -2.61. The fourth-order valence-corrected chi connectivity index (χ4v) is 5.54. The normalized spacial score (nSPS) is 10.9. The van der Waals surface area contributed by atoms with E-state index in [-0.39, 0.29) is 30.3 Å². The van der Waals surface area contributed by atoms with E-state index in [0.717, 1.165) is 16.0 Å². The van der Waals surface area contributed by atoms with E-state index in [9.17, 15) is 18.0 Å². The van der Waals surface area contributed by atoms with Crippen molar-refractivity contribution in [3.05, 3.63) is 125 Å². The van der Waals surface area contributed by atoms with Gasteiger partial charge in [0.15, 0.2) is 0 Å². The molecule has 0 aliphatic rings. The van der Waals surface area contributed by atoms with Crippen molar-refractivity contribution in [3.8, 4) is 0 Å². The van der Waals surface area contributed by atoms with Crippen LogP contribution < -0.4 is 9.62 Å². The van der Waals surface area contributed by atoms with Crippen LogP contribution in [0.4, 0.5) is 16.2 Å². The van der Waals surface area contributed by atoms with E-state index >= 15 is 0 Å². The number of likely N-dealkylation sites (N-methyl/N-ethyl adjacent to an activating group) is 1. The minimum absolute atomic E-state index is 0.0168. The Kier molecular flexibility index (Phi) is 9.42. The van der Waals surface area contributed by atoms with Gasteiger partial charge in [-0.3, -0.25) is 9.10 Å². The zero-order valence-corrected chi connectivity index (χ0v) is 23.3. The number of carbonyl (C=O) groups is 2. The number of nitrogens with one attached hydrogen (secondary N) is 1. The maximum absolute atomic E-state index is 13.8. The predicted molar refractivity (Wildman–Crippen MR) is 156 cm³/mol. The highest BCUT2D eigenvalue weighted by Gasteiger charge is 2.26. The summed E-state index contributed by atoms with van der Waals surface area (Å²) in [5.74, 6) is -0.510. The molecule has 0 bridgehead atoms. The molecule has 0 saturated heterocycles. The highest BCUT2D eigenvalue weighted by molar-refractivity contribution is 7.92. The van der Waals surface area contributed by atoms with Gasteiger partial charge >= 0.3 is 6.09 Å². The summed E-state index contributed by atoms with van der Waals surface area (Å²) >= 11 is 6.18. The lowest BCUT2D eigenvalue weighted by molar-refractivity contribution is -0.116. The Hall–Kier alpha value is -4.34.